The topological polar surface area (TPSA) is 103 Å². The molecule has 2 aliphatic heterocycles. The van der Waals surface area contributed by atoms with Crippen LogP contribution in [0, 0.1) is 11.6 Å². The SMILES string of the molecule is O=C(OCn1c(=O)n(Cc2ccc(F)cc2)c(=O)c2c1nc(N1CCC3=C1CNC3)n2Cc1ccc(F)cc1)C(F)(F)F. The Kier molecular flexibility index (Phi) is 7.12. The third kappa shape index (κ3) is 5.31. The molecule has 2 aromatic heterocycles. The Bertz CT molecular complexity index is 1870. The van der Waals surface area contributed by atoms with Crippen LogP contribution >= 0.6 is 0 Å². The highest BCUT2D eigenvalue weighted by molar-refractivity contribution is 5.77. The van der Waals surface area contributed by atoms with Crippen LogP contribution in [0.1, 0.15) is 17.5 Å². The summed E-state index contributed by atoms with van der Waals surface area (Å²) in [4.78, 5) is 45.7. The number of alkyl halides is 3. The zero-order valence-corrected chi connectivity index (χ0v) is 22.3. The molecule has 4 heterocycles. The van der Waals surface area contributed by atoms with Crippen molar-refractivity contribution in [2.75, 3.05) is 24.5 Å². The maximum Gasteiger partial charge on any atom is 0.490 e. The largest absolute Gasteiger partial charge is 0.490 e. The van der Waals surface area contributed by atoms with Crippen LogP contribution in [0.4, 0.5) is 27.9 Å². The van der Waals surface area contributed by atoms with Crippen LogP contribution in [0.2, 0.25) is 0 Å². The fourth-order valence-corrected chi connectivity index (χ4v) is 5.32. The van der Waals surface area contributed by atoms with E-state index in [0.29, 0.717) is 41.7 Å². The molecular weight excluding hydrogens is 579 g/mol. The molecule has 0 bridgehead atoms. The zero-order chi connectivity index (χ0) is 30.5. The van der Waals surface area contributed by atoms with Gasteiger partial charge >= 0.3 is 17.8 Å². The fourth-order valence-electron chi connectivity index (χ4n) is 5.32. The van der Waals surface area contributed by atoms with Gasteiger partial charge in [0, 0.05) is 25.3 Å². The van der Waals surface area contributed by atoms with Crippen molar-refractivity contribution in [3.63, 3.8) is 0 Å². The van der Waals surface area contributed by atoms with Crippen LogP contribution in [-0.4, -0.2) is 50.5 Å². The third-order valence-corrected chi connectivity index (χ3v) is 7.40. The zero-order valence-electron chi connectivity index (χ0n) is 22.3. The Hall–Kier alpha value is -4.79. The minimum Gasteiger partial charge on any atom is -0.437 e. The summed E-state index contributed by atoms with van der Waals surface area (Å²) in [5.41, 5.74) is 0.632. The van der Waals surface area contributed by atoms with Crippen LogP contribution < -0.4 is 21.5 Å². The number of imidazole rings is 1. The first kappa shape index (κ1) is 28.3. The van der Waals surface area contributed by atoms with Gasteiger partial charge in [-0.3, -0.25) is 13.9 Å². The van der Waals surface area contributed by atoms with Gasteiger partial charge in [0.2, 0.25) is 5.95 Å². The molecule has 43 heavy (non-hydrogen) atoms. The second-order valence-corrected chi connectivity index (χ2v) is 10.1. The predicted octanol–water partition coefficient (Wildman–Crippen LogP) is 2.86. The first-order valence-electron chi connectivity index (χ1n) is 13.2. The Morgan fingerprint density at radius 1 is 0.884 bits per heavy atom. The van der Waals surface area contributed by atoms with Crippen molar-refractivity contribution in [1.82, 2.24) is 24.0 Å². The second-order valence-electron chi connectivity index (χ2n) is 10.1. The van der Waals surface area contributed by atoms with Gasteiger partial charge in [0.25, 0.3) is 5.56 Å². The number of hydrogen-bond acceptors (Lipinski definition) is 7. The summed E-state index contributed by atoms with van der Waals surface area (Å²) in [6, 6.07) is 10.5. The number of halogens is 5. The Morgan fingerprint density at radius 3 is 2.09 bits per heavy atom. The molecule has 1 N–H and O–H groups in total. The summed E-state index contributed by atoms with van der Waals surface area (Å²) in [6.07, 6.45) is -4.63. The number of hydrogen-bond donors (Lipinski definition) is 1. The van der Waals surface area contributed by atoms with E-state index in [-0.39, 0.29) is 30.2 Å². The van der Waals surface area contributed by atoms with Crippen LogP contribution in [-0.2, 0) is 29.4 Å². The standard InChI is InChI=1S/C28H23F5N6O4/c29-19-5-1-16(2-6-19)13-37-22-23(35-26(37)36-10-9-18-11-34-12-21(18)36)39(15-43-25(41)28(31,32)33)27(42)38(24(22)40)14-17-3-7-20(30)8-4-17/h1-8,34H,9-15H2. The first-order valence-corrected chi connectivity index (χ1v) is 13.2. The summed E-state index contributed by atoms with van der Waals surface area (Å²) >= 11 is 0. The molecule has 0 aliphatic carbocycles. The van der Waals surface area contributed by atoms with E-state index in [1.54, 1.807) is 0 Å². The number of ether oxygens (including phenoxy) is 1. The number of aromatic nitrogens is 4. The van der Waals surface area contributed by atoms with E-state index in [4.69, 9.17) is 0 Å². The van der Waals surface area contributed by atoms with Gasteiger partial charge in [-0.25, -0.2) is 22.9 Å². The molecule has 0 fully saturated rings. The lowest BCUT2D eigenvalue weighted by Crippen LogP contribution is -2.42. The highest BCUT2D eigenvalue weighted by atomic mass is 19.4. The molecule has 0 atom stereocenters. The van der Waals surface area contributed by atoms with Gasteiger partial charge < -0.3 is 15.0 Å². The molecule has 0 radical (unpaired) electrons. The van der Waals surface area contributed by atoms with Crippen molar-refractivity contribution in [3.05, 3.63) is 103 Å². The molecule has 10 nitrogen and oxygen atoms in total. The van der Waals surface area contributed by atoms with Gasteiger partial charge in [-0.1, -0.05) is 24.3 Å². The number of nitrogens with one attached hydrogen (secondary N) is 1. The Labute approximate surface area is 239 Å². The molecule has 0 saturated heterocycles. The molecule has 0 unspecified atom stereocenters. The van der Waals surface area contributed by atoms with Crippen molar-refractivity contribution >= 4 is 23.1 Å². The van der Waals surface area contributed by atoms with Crippen LogP contribution in [0.3, 0.4) is 0 Å². The van der Waals surface area contributed by atoms with Crippen molar-refractivity contribution < 1.29 is 31.5 Å². The normalized spacial score (nSPS) is 15.0. The molecule has 6 rings (SSSR count). The van der Waals surface area contributed by atoms with Gasteiger partial charge in [-0.2, -0.15) is 18.2 Å². The predicted molar refractivity (Wildman–Crippen MR) is 143 cm³/mol. The van der Waals surface area contributed by atoms with E-state index in [1.807, 2.05) is 4.90 Å². The minimum atomic E-state index is -5.33. The highest BCUT2D eigenvalue weighted by Gasteiger charge is 2.41. The summed E-state index contributed by atoms with van der Waals surface area (Å²) in [5.74, 6) is -3.32. The number of benzene rings is 2. The van der Waals surface area contributed by atoms with Crippen LogP contribution in [0.25, 0.3) is 11.2 Å². The fraction of sp³-hybridized carbons (Fsp3) is 0.286. The van der Waals surface area contributed by atoms with Crippen molar-refractivity contribution in [2.24, 2.45) is 0 Å². The molecule has 224 valence electrons. The van der Waals surface area contributed by atoms with E-state index in [1.165, 1.54) is 41.0 Å². The van der Waals surface area contributed by atoms with Crippen molar-refractivity contribution in [2.45, 2.75) is 32.4 Å². The lowest BCUT2D eigenvalue weighted by atomic mass is 10.2. The number of fused-ring (bicyclic) bond motifs is 1. The van der Waals surface area contributed by atoms with E-state index < -0.39 is 41.8 Å². The van der Waals surface area contributed by atoms with Crippen molar-refractivity contribution in [1.29, 1.82) is 0 Å². The van der Waals surface area contributed by atoms with Gasteiger partial charge in [0.15, 0.2) is 17.9 Å². The highest BCUT2D eigenvalue weighted by Crippen LogP contribution is 2.32. The summed E-state index contributed by atoms with van der Waals surface area (Å²) in [5, 5.41) is 3.25. The number of rotatable bonds is 7. The molecule has 0 saturated carbocycles. The summed E-state index contributed by atoms with van der Waals surface area (Å²) in [6.45, 7) is 0.120. The number of carbonyl (C=O) groups is 1. The lowest BCUT2D eigenvalue weighted by molar-refractivity contribution is -0.203. The van der Waals surface area contributed by atoms with Crippen LogP contribution in [0.15, 0.2) is 69.4 Å². The summed E-state index contributed by atoms with van der Waals surface area (Å²) in [7, 11) is 0. The first-order chi connectivity index (χ1) is 20.5. The molecule has 2 aliphatic rings. The Morgan fingerprint density at radius 2 is 1.49 bits per heavy atom. The quantitative estimate of drug-likeness (QED) is 0.257. The van der Waals surface area contributed by atoms with Gasteiger partial charge in [-0.05, 0) is 47.4 Å². The summed E-state index contributed by atoms with van der Waals surface area (Å²) < 4.78 is 73.6. The molecule has 4 aromatic rings. The molecule has 2 aromatic carbocycles. The smallest absolute Gasteiger partial charge is 0.437 e. The van der Waals surface area contributed by atoms with Crippen LogP contribution in [0.5, 0.6) is 0 Å². The van der Waals surface area contributed by atoms with Gasteiger partial charge in [0.1, 0.15) is 11.6 Å². The number of nitrogens with zero attached hydrogens (tertiary/aromatic N) is 5. The van der Waals surface area contributed by atoms with E-state index in [0.717, 1.165) is 28.0 Å². The minimum absolute atomic E-state index is 0.00894. The average molecular weight is 603 g/mol. The molecule has 15 heteroatoms. The van der Waals surface area contributed by atoms with Gasteiger partial charge in [-0.15, -0.1) is 0 Å². The number of carbonyl (C=O) groups excluding carboxylic acids is 1. The van der Waals surface area contributed by atoms with E-state index in [9.17, 15) is 36.3 Å². The number of anilines is 1. The maximum atomic E-state index is 14.0. The molecule has 0 amide bonds. The molecule has 0 spiro atoms. The number of esters is 1. The van der Waals surface area contributed by atoms with E-state index in [2.05, 4.69) is 15.0 Å². The monoisotopic (exact) mass is 602 g/mol. The van der Waals surface area contributed by atoms with Gasteiger partial charge in [0.05, 0.1) is 13.1 Å². The maximum absolute atomic E-state index is 14.0. The van der Waals surface area contributed by atoms with E-state index >= 15 is 0 Å². The molecular formula is C28H23F5N6O4. The third-order valence-electron chi connectivity index (χ3n) is 7.40. The lowest BCUT2D eigenvalue weighted by Gasteiger charge is -2.22. The average Bonchev–Trinajstić information content (AvgIpc) is 3.68. The second kappa shape index (κ2) is 10.8. The van der Waals surface area contributed by atoms with Crippen molar-refractivity contribution in [3.8, 4) is 0 Å². The Balaban J connectivity index is 1.58.